The van der Waals surface area contributed by atoms with Crippen molar-refractivity contribution in [3.05, 3.63) is 0 Å². The van der Waals surface area contributed by atoms with Crippen LogP contribution in [0.25, 0.3) is 0 Å². The van der Waals surface area contributed by atoms with Gasteiger partial charge in [0, 0.05) is 19.0 Å². The summed E-state index contributed by atoms with van der Waals surface area (Å²) in [7, 11) is 3.15. The lowest BCUT2D eigenvalue weighted by molar-refractivity contribution is -0.141. The Morgan fingerprint density at radius 1 is 1.47 bits per heavy atom. The molecule has 1 N–H and O–H groups in total. The van der Waals surface area contributed by atoms with Gasteiger partial charge in [0.15, 0.2) is 0 Å². The molecule has 0 saturated heterocycles. The zero-order valence-electron chi connectivity index (χ0n) is 9.28. The first-order valence-corrected chi connectivity index (χ1v) is 5.16. The molecule has 1 fully saturated rings. The predicted octanol–water partition coefficient (Wildman–Crippen LogP) is -0.240. The molecular weight excluding hydrogens is 196 g/mol. The normalized spacial score (nSPS) is 15.1. The Hall–Kier alpha value is -1.10. The quantitative estimate of drug-likeness (QED) is 0.620. The zero-order chi connectivity index (χ0) is 11.3. The van der Waals surface area contributed by atoms with Crippen LogP contribution in [-0.4, -0.2) is 50.1 Å². The highest BCUT2D eigenvalue weighted by molar-refractivity contribution is 5.77. The topological polar surface area (TPSA) is 58.6 Å². The van der Waals surface area contributed by atoms with Crippen molar-refractivity contribution in [2.45, 2.75) is 25.3 Å². The Morgan fingerprint density at radius 2 is 2.13 bits per heavy atom. The molecule has 0 spiro atoms. The van der Waals surface area contributed by atoms with Crippen molar-refractivity contribution in [3.63, 3.8) is 0 Å². The number of rotatable bonds is 6. The number of nitrogens with zero attached hydrogens (tertiary/aromatic N) is 1. The number of ether oxygens (including phenoxy) is 1. The first-order chi connectivity index (χ1) is 7.11. The van der Waals surface area contributed by atoms with Gasteiger partial charge in [-0.25, -0.2) is 0 Å². The third kappa shape index (κ3) is 5.37. The highest BCUT2D eigenvalue weighted by atomic mass is 16.5. The van der Waals surface area contributed by atoms with Crippen LogP contribution in [0.3, 0.4) is 0 Å². The Balaban J connectivity index is 2.06. The van der Waals surface area contributed by atoms with Crippen LogP contribution < -0.4 is 5.32 Å². The summed E-state index contributed by atoms with van der Waals surface area (Å²) in [5, 5.41) is 2.89. The van der Waals surface area contributed by atoms with Crippen LogP contribution in [0.5, 0.6) is 0 Å². The van der Waals surface area contributed by atoms with Crippen LogP contribution in [0.1, 0.15) is 19.3 Å². The van der Waals surface area contributed by atoms with Crippen LogP contribution in [0.15, 0.2) is 0 Å². The standard InChI is InChI=1S/C10H18N2O3/c1-12(7-10(14)15-2)6-5-9(13)11-8-3-4-8/h8H,3-7H2,1-2H3,(H,11,13). The molecule has 1 rings (SSSR count). The molecule has 0 unspecified atom stereocenters. The van der Waals surface area contributed by atoms with E-state index in [4.69, 9.17) is 0 Å². The number of carbonyl (C=O) groups excluding carboxylic acids is 2. The zero-order valence-corrected chi connectivity index (χ0v) is 9.28. The summed E-state index contributed by atoms with van der Waals surface area (Å²) in [6.45, 7) is 0.806. The molecule has 0 bridgehead atoms. The largest absolute Gasteiger partial charge is 0.468 e. The van der Waals surface area contributed by atoms with E-state index in [1.54, 1.807) is 11.9 Å². The second-order valence-electron chi connectivity index (χ2n) is 3.91. The summed E-state index contributed by atoms with van der Waals surface area (Å²) < 4.78 is 4.52. The number of nitrogens with one attached hydrogen (secondary N) is 1. The van der Waals surface area contributed by atoms with Crippen LogP contribution >= 0.6 is 0 Å². The first-order valence-electron chi connectivity index (χ1n) is 5.16. The summed E-state index contributed by atoms with van der Waals surface area (Å²) in [6, 6.07) is 0.406. The van der Waals surface area contributed by atoms with E-state index in [-0.39, 0.29) is 18.4 Å². The predicted molar refractivity (Wildman–Crippen MR) is 55.3 cm³/mol. The smallest absolute Gasteiger partial charge is 0.319 e. The average molecular weight is 214 g/mol. The van der Waals surface area contributed by atoms with E-state index in [2.05, 4.69) is 10.1 Å². The highest BCUT2D eigenvalue weighted by Gasteiger charge is 2.23. The van der Waals surface area contributed by atoms with E-state index >= 15 is 0 Å². The van der Waals surface area contributed by atoms with Gasteiger partial charge in [0.1, 0.15) is 0 Å². The minimum atomic E-state index is -0.278. The van der Waals surface area contributed by atoms with Gasteiger partial charge in [-0.1, -0.05) is 0 Å². The monoisotopic (exact) mass is 214 g/mol. The van der Waals surface area contributed by atoms with Crippen molar-refractivity contribution in [2.75, 3.05) is 27.2 Å². The van der Waals surface area contributed by atoms with E-state index in [0.717, 1.165) is 12.8 Å². The molecule has 1 amide bonds. The minimum absolute atomic E-state index is 0.0641. The van der Waals surface area contributed by atoms with Crippen LogP contribution in [0, 0.1) is 0 Å². The molecule has 0 aromatic heterocycles. The maximum Gasteiger partial charge on any atom is 0.319 e. The number of hydrogen-bond acceptors (Lipinski definition) is 4. The maximum absolute atomic E-state index is 11.3. The SMILES string of the molecule is COC(=O)CN(C)CCC(=O)NC1CC1. The Bertz CT molecular complexity index is 239. The Kier molecular flexibility index (Phi) is 4.55. The summed E-state index contributed by atoms with van der Waals surface area (Å²) in [4.78, 5) is 24.0. The summed E-state index contributed by atoms with van der Waals surface area (Å²) >= 11 is 0. The summed E-state index contributed by atoms with van der Waals surface area (Å²) in [6.07, 6.45) is 2.64. The van der Waals surface area contributed by atoms with E-state index in [9.17, 15) is 9.59 Å². The lowest BCUT2D eigenvalue weighted by Crippen LogP contribution is -2.32. The number of carbonyl (C=O) groups is 2. The van der Waals surface area contributed by atoms with Crippen molar-refractivity contribution < 1.29 is 14.3 Å². The van der Waals surface area contributed by atoms with Gasteiger partial charge in [0.2, 0.25) is 5.91 Å². The molecule has 5 nitrogen and oxygen atoms in total. The lowest BCUT2D eigenvalue weighted by atomic mass is 10.3. The van der Waals surface area contributed by atoms with Gasteiger partial charge in [0.05, 0.1) is 13.7 Å². The Labute approximate surface area is 89.8 Å². The second kappa shape index (κ2) is 5.70. The first kappa shape index (κ1) is 12.0. The average Bonchev–Trinajstić information content (AvgIpc) is 2.98. The Morgan fingerprint density at radius 3 is 2.67 bits per heavy atom. The molecule has 1 aliphatic rings. The van der Waals surface area contributed by atoms with E-state index in [1.165, 1.54) is 7.11 Å². The fourth-order valence-corrected chi connectivity index (χ4v) is 1.18. The molecule has 0 aromatic carbocycles. The highest BCUT2D eigenvalue weighted by Crippen LogP contribution is 2.18. The van der Waals surface area contributed by atoms with E-state index < -0.39 is 0 Å². The van der Waals surface area contributed by atoms with Crippen LogP contribution in [0.2, 0.25) is 0 Å². The third-order valence-electron chi connectivity index (χ3n) is 2.29. The van der Waals surface area contributed by atoms with Crippen molar-refractivity contribution >= 4 is 11.9 Å². The number of esters is 1. The molecule has 1 aliphatic carbocycles. The summed E-state index contributed by atoms with van der Waals surface area (Å²) in [5.41, 5.74) is 0. The van der Waals surface area contributed by atoms with Gasteiger partial charge in [-0.3, -0.25) is 14.5 Å². The summed E-state index contributed by atoms with van der Waals surface area (Å²) in [5.74, 6) is -0.214. The molecule has 15 heavy (non-hydrogen) atoms. The van der Waals surface area contributed by atoms with Crippen molar-refractivity contribution in [2.24, 2.45) is 0 Å². The lowest BCUT2D eigenvalue weighted by Gasteiger charge is -2.14. The number of hydrogen-bond donors (Lipinski definition) is 1. The van der Waals surface area contributed by atoms with Gasteiger partial charge in [-0.15, -0.1) is 0 Å². The third-order valence-corrected chi connectivity index (χ3v) is 2.29. The van der Waals surface area contributed by atoms with E-state index in [0.29, 0.717) is 19.0 Å². The van der Waals surface area contributed by atoms with Crippen molar-refractivity contribution in [3.8, 4) is 0 Å². The molecule has 1 saturated carbocycles. The van der Waals surface area contributed by atoms with Gasteiger partial charge in [0.25, 0.3) is 0 Å². The second-order valence-corrected chi connectivity index (χ2v) is 3.91. The number of amides is 1. The maximum atomic E-state index is 11.3. The molecule has 0 atom stereocenters. The van der Waals surface area contributed by atoms with Gasteiger partial charge >= 0.3 is 5.97 Å². The number of likely N-dealkylation sites (N-methyl/N-ethyl adjacent to an activating group) is 1. The molecule has 0 aromatic rings. The fraction of sp³-hybridized carbons (Fsp3) is 0.800. The molecule has 86 valence electrons. The number of methoxy groups -OCH3 is 1. The fourth-order valence-electron chi connectivity index (χ4n) is 1.18. The van der Waals surface area contributed by atoms with Crippen molar-refractivity contribution in [1.82, 2.24) is 10.2 Å². The van der Waals surface area contributed by atoms with Crippen LogP contribution in [-0.2, 0) is 14.3 Å². The molecule has 0 heterocycles. The molecule has 5 heteroatoms. The molecule has 0 aliphatic heterocycles. The van der Waals surface area contributed by atoms with E-state index in [1.807, 2.05) is 0 Å². The van der Waals surface area contributed by atoms with Crippen LogP contribution in [0.4, 0.5) is 0 Å². The minimum Gasteiger partial charge on any atom is -0.468 e. The van der Waals surface area contributed by atoms with Gasteiger partial charge < -0.3 is 10.1 Å². The van der Waals surface area contributed by atoms with Gasteiger partial charge in [-0.05, 0) is 19.9 Å². The van der Waals surface area contributed by atoms with Crippen molar-refractivity contribution in [1.29, 1.82) is 0 Å². The van der Waals surface area contributed by atoms with Gasteiger partial charge in [-0.2, -0.15) is 0 Å². The molecular formula is C10H18N2O3. The molecule has 0 radical (unpaired) electrons.